The van der Waals surface area contributed by atoms with Gasteiger partial charge in [-0.2, -0.15) is 0 Å². The maximum atomic E-state index is 3.47. The minimum Gasteiger partial charge on any atom is -0.313 e. The molecular formula is C13H15N. The summed E-state index contributed by atoms with van der Waals surface area (Å²) in [6.07, 6.45) is 4.95. The molecular weight excluding hydrogens is 170 g/mol. The minimum absolute atomic E-state index is 0.811. The van der Waals surface area contributed by atoms with Gasteiger partial charge in [-0.1, -0.05) is 30.3 Å². The third-order valence-electron chi connectivity index (χ3n) is 3.41. The van der Waals surface area contributed by atoms with Crippen molar-refractivity contribution in [2.24, 2.45) is 5.92 Å². The second-order valence-corrected chi connectivity index (χ2v) is 4.21. The van der Waals surface area contributed by atoms with Gasteiger partial charge in [-0.05, 0) is 41.3 Å². The van der Waals surface area contributed by atoms with Gasteiger partial charge in [0.15, 0.2) is 0 Å². The van der Waals surface area contributed by atoms with Gasteiger partial charge < -0.3 is 5.32 Å². The Balaban J connectivity index is 2.27. The maximum Gasteiger partial charge on any atom is 0.0176 e. The molecule has 72 valence electrons. The number of rotatable bonds is 0. The van der Waals surface area contributed by atoms with Crippen molar-refractivity contribution < 1.29 is 0 Å². The lowest BCUT2D eigenvalue weighted by Gasteiger charge is -2.27. The molecule has 0 spiro atoms. The summed E-state index contributed by atoms with van der Waals surface area (Å²) in [5, 5.41) is 6.39. The van der Waals surface area contributed by atoms with E-state index in [-0.39, 0.29) is 0 Å². The van der Waals surface area contributed by atoms with E-state index in [1.165, 1.54) is 29.8 Å². The fraction of sp³-hybridized carbons (Fsp3) is 0.385. The Labute approximate surface area is 84.1 Å². The summed E-state index contributed by atoms with van der Waals surface area (Å²) in [4.78, 5) is 0. The van der Waals surface area contributed by atoms with Crippen LogP contribution in [0.5, 0.6) is 0 Å². The van der Waals surface area contributed by atoms with Gasteiger partial charge in [-0.3, -0.25) is 0 Å². The standard InChI is InChI=1S/C13H15N/c1-2-4-12-10(3-1)5-6-11-7-8-14-9-13(11)12/h1-5,11,14H,6-9H2. The van der Waals surface area contributed by atoms with Crippen molar-refractivity contribution in [2.45, 2.75) is 12.8 Å². The minimum atomic E-state index is 0.811. The van der Waals surface area contributed by atoms with Gasteiger partial charge in [0.1, 0.15) is 0 Å². The van der Waals surface area contributed by atoms with E-state index >= 15 is 0 Å². The van der Waals surface area contributed by atoms with Crippen molar-refractivity contribution in [1.29, 1.82) is 0 Å². The van der Waals surface area contributed by atoms with E-state index in [1.807, 2.05) is 0 Å². The Kier molecular flexibility index (Phi) is 1.91. The second kappa shape index (κ2) is 3.25. The molecule has 0 aromatic heterocycles. The zero-order chi connectivity index (χ0) is 9.38. The Bertz CT molecular complexity index is 458. The first kappa shape index (κ1) is 8.25. The lowest BCUT2D eigenvalue weighted by atomic mass is 9.84. The number of piperidine rings is 1. The Hall–Kier alpha value is -1.08. The van der Waals surface area contributed by atoms with Crippen LogP contribution in [-0.4, -0.2) is 13.1 Å². The molecule has 0 amide bonds. The maximum absolute atomic E-state index is 3.47. The molecule has 14 heavy (non-hydrogen) atoms. The summed E-state index contributed by atoms with van der Waals surface area (Å²) in [5.74, 6) is 0.811. The molecule has 0 bridgehead atoms. The van der Waals surface area contributed by atoms with Gasteiger partial charge in [0, 0.05) is 6.54 Å². The molecule has 1 aliphatic heterocycles. The van der Waals surface area contributed by atoms with Crippen molar-refractivity contribution >= 4 is 11.6 Å². The zero-order valence-corrected chi connectivity index (χ0v) is 8.29. The first-order valence-electron chi connectivity index (χ1n) is 5.44. The number of fused-ring (bicyclic) bond motifs is 2. The van der Waals surface area contributed by atoms with Gasteiger partial charge in [-0.15, -0.1) is 0 Å². The molecule has 1 heteroatoms. The number of nitrogens with one attached hydrogen (secondary N) is 1. The highest BCUT2D eigenvalue weighted by atomic mass is 14.9. The SMILES string of the molecule is C1=c2ccccc2=C2CNCCC2C1. The molecule has 1 aromatic carbocycles. The van der Waals surface area contributed by atoms with Crippen LogP contribution < -0.4 is 15.8 Å². The van der Waals surface area contributed by atoms with E-state index in [9.17, 15) is 0 Å². The first-order valence-corrected chi connectivity index (χ1v) is 5.44. The highest BCUT2D eigenvalue weighted by Crippen LogP contribution is 2.23. The Morgan fingerprint density at radius 1 is 1.21 bits per heavy atom. The third kappa shape index (κ3) is 1.20. The highest BCUT2D eigenvalue weighted by molar-refractivity contribution is 5.56. The molecule has 2 aliphatic rings. The van der Waals surface area contributed by atoms with Crippen LogP contribution in [0.3, 0.4) is 0 Å². The summed E-state index contributed by atoms with van der Waals surface area (Å²) in [7, 11) is 0. The lowest BCUT2D eigenvalue weighted by Crippen LogP contribution is -2.40. The van der Waals surface area contributed by atoms with Crippen LogP contribution in [0.4, 0.5) is 0 Å². The van der Waals surface area contributed by atoms with Crippen molar-refractivity contribution in [2.75, 3.05) is 13.1 Å². The smallest absolute Gasteiger partial charge is 0.0176 e. The summed E-state index contributed by atoms with van der Waals surface area (Å²) in [6.45, 7) is 2.28. The third-order valence-corrected chi connectivity index (χ3v) is 3.41. The van der Waals surface area contributed by atoms with Gasteiger partial charge >= 0.3 is 0 Å². The summed E-state index contributed by atoms with van der Waals surface area (Å²) < 4.78 is 0. The molecule has 1 aliphatic carbocycles. The van der Waals surface area contributed by atoms with Crippen molar-refractivity contribution in [1.82, 2.24) is 5.32 Å². The highest BCUT2D eigenvalue weighted by Gasteiger charge is 2.20. The molecule has 0 radical (unpaired) electrons. The molecule has 1 atom stereocenters. The monoisotopic (exact) mass is 185 g/mol. The number of hydrogen-bond donors (Lipinski definition) is 1. The van der Waals surface area contributed by atoms with Gasteiger partial charge in [0.05, 0.1) is 0 Å². The molecule has 1 heterocycles. The topological polar surface area (TPSA) is 12.0 Å². The first-order chi connectivity index (χ1) is 6.95. The van der Waals surface area contributed by atoms with E-state index in [2.05, 4.69) is 35.7 Å². The number of benzene rings is 1. The second-order valence-electron chi connectivity index (χ2n) is 4.21. The molecule has 1 aromatic rings. The molecule has 0 saturated carbocycles. The Morgan fingerprint density at radius 3 is 3.14 bits per heavy atom. The predicted molar refractivity (Wildman–Crippen MR) is 59.2 cm³/mol. The van der Waals surface area contributed by atoms with Gasteiger partial charge in [0.2, 0.25) is 0 Å². The van der Waals surface area contributed by atoms with Crippen LogP contribution in [0.25, 0.3) is 11.6 Å². The summed E-state index contributed by atoms with van der Waals surface area (Å²) in [6, 6.07) is 8.77. The molecule has 1 fully saturated rings. The van der Waals surface area contributed by atoms with E-state index in [0.717, 1.165) is 12.5 Å². The molecule has 3 rings (SSSR count). The molecule has 1 saturated heterocycles. The van der Waals surface area contributed by atoms with Crippen LogP contribution in [0.15, 0.2) is 24.3 Å². The summed E-state index contributed by atoms with van der Waals surface area (Å²) in [5.41, 5.74) is 1.63. The summed E-state index contributed by atoms with van der Waals surface area (Å²) >= 11 is 0. The van der Waals surface area contributed by atoms with Crippen LogP contribution in [0.2, 0.25) is 0 Å². The van der Waals surface area contributed by atoms with Crippen LogP contribution in [-0.2, 0) is 0 Å². The van der Waals surface area contributed by atoms with Crippen molar-refractivity contribution in [3.05, 3.63) is 34.7 Å². The fourth-order valence-corrected chi connectivity index (χ4v) is 2.63. The average Bonchev–Trinajstić information content (AvgIpc) is 2.29. The van der Waals surface area contributed by atoms with E-state index in [1.54, 1.807) is 5.57 Å². The van der Waals surface area contributed by atoms with E-state index in [0.29, 0.717) is 0 Å². The van der Waals surface area contributed by atoms with Gasteiger partial charge in [-0.25, -0.2) is 0 Å². The number of hydrogen-bond acceptors (Lipinski definition) is 1. The van der Waals surface area contributed by atoms with Crippen LogP contribution in [0, 0.1) is 5.92 Å². The largest absolute Gasteiger partial charge is 0.313 e. The normalized spacial score (nSPS) is 24.9. The predicted octanol–water partition coefficient (Wildman–Crippen LogP) is 0.631. The quantitative estimate of drug-likeness (QED) is 0.625. The van der Waals surface area contributed by atoms with E-state index < -0.39 is 0 Å². The van der Waals surface area contributed by atoms with Crippen molar-refractivity contribution in [3.63, 3.8) is 0 Å². The van der Waals surface area contributed by atoms with Gasteiger partial charge in [0.25, 0.3) is 0 Å². The zero-order valence-electron chi connectivity index (χ0n) is 8.29. The fourth-order valence-electron chi connectivity index (χ4n) is 2.63. The average molecular weight is 185 g/mol. The van der Waals surface area contributed by atoms with Crippen LogP contribution >= 0.6 is 0 Å². The molecule has 1 nitrogen and oxygen atoms in total. The lowest BCUT2D eigenvalue weighted by molar-refractivity contribution is 0.521. The Morgan fingerprint density at radius 2 is 2.14 bits per heavy atom. The van der Waals surface area contributed by atoms with E-state index in [4.69, 9.17) is 0 Å². The van der Waals surface area contributed by atoms with Crippen molar-refractivity contribution in [3.8, 4) is 0 Å². The molecule has 1 unspecified atom stereocenters. The van der Waals surface area contributed by atoms with Crippen LogP contribution in [0.1, 0.15) is 12.8 Å². The molecule has 1 N–H and O–H groups in total.